The van der Waals surface area contributed by atoms with E-state index in [1.165, 1.54) is 0 Å². The lowest BCUT2D eigenvalue weighted by Crippen LogP contribution is -2.50. The van der Waals surface area contributed by atoms with Crippen molar-refractivity contribution in [2.75, 3.05) is 40.8 Å². The Balaban J connectivity index is 2.27. The van der Waals surface area contributed by atoms with E-state index < -0.39 is 0 Å². The molecular formula is C15H31N5O. The molecule has 0 aliphatic carbocycles. The van der Waals surface area contributed by atoms with Gasteiger partial charge in [-0.05, 0) is 26.7 Å². The van der Waals surface area contributed by atoms with Crippen molar-refractivity contribution in [3.05, 3.63) is 0 Å². The van der Waals surface area contributed by atoms with Crippen LogP contribution in [0.3, 0.4) is 0 Å². The standard InChI is InChI=1S/C15H31N5O/c1-12(2)20-10-7-13(8-11-20)18-15(16-3)17-9-6-14(21)19(4)5/h12-13H,6-11H2,1-5H3,(H2,16,17,18). The van der Waals surface area contributed by atoms with Gasteiger partial charge in [0.25, 0.3) is 0 Å². The van der Waals surface area contributed by atoms with Crippen LogP contribution in [0.1, 0.15) is 33.1 Å². The SMILES string of the molecule is CN=C(NCCC(=O)N(C)C)NC1CCN(C(C)C)CC1. The summed E-state index contributed by atoms with van der Waals surface area (Å²) in [6, 6.07) is 1.09. The number of carbonyl (C=O) groups is 1. The number of likely N-dealkylation sites (tertiary alicyclic amines) is 1. The highest BCUT2D eigenvalue weighted by atomic mass is 16.2. The first-order valence-corrected chi connectivity index (χ1v) is 7.85. The van der Waals surface area contributed by atoms with Crippen LogP contribution in [0.5, 0.6) is 0 Å². The predicted molar refractivity (Wildman–Crippen MR) is 87.5 cm³/mol. The van der Waals surface area contributed by atoms with E-state index in [1.54, 1.807) is 26.0 Å². The molecule has 0 aromatic carbocycles. The topological polar surface area (TPSA) is 60.0 Å². The second-order valence-corrected chi connectivity index (χ2v) is 6.09. The number of hydrogen-bond acceptors (Lipinski definition) is 3. The third-order valence-electron chi connectivity index (χ3n) is 3.95. The van der Waals surface area contributed by atoms with Crippen LogP contribution in [0.15, 0.2) is 4.99 Å². The molecule has 1 amide bonds. The number of nitrogens with one attached hydrogen (secondary N) is 2. The quantitative estimate of drug-likeness (QED) is 0.573. The zero-order chi connectivity index (χ0) is 15.8. The summed E-state index contributed by atoms with van der Waals surface area (Å²) in [6.45, 7) is 7.37. The molecule has 1 heterocycles. The molecule has 1 aliphatic heterocycles. The van der Waals surface area contributed by atoms with Crippen LogP contribution in [-0.4, -0.2) is 74.5 Å². The Labute approximate surface area is 129 Å². The molecule has 1 aliphatic rings. The molecule has 0 saturated carbocycles. The minimum atomic E-state index is 0.128. The fourth-order valence-electron chi connectivity index (χ4n) is 2.46. The van der Waals surface area contributed by atoms with E-state index in [2.05, 4.69) is 34.4 Å². The number of rotatable bonds is 5. The first-order valence-electron chi connectivity index (χ1n) is 7.85. The number of guanidine groups is 1. The molecule has 1 rings (SSSR count). The van der Waals surface area contributed by atoms with Crippen LogP contribution in [0.2, 0.25) is 0 Å². The Morgan fingerprint density at radius 2 is 1.95 bits per heavy atom. The molecule has 6 heteroatoms. The molecule has 0 atom stereocenters. The van der Waals surface area contributed by atoms with Crippen LogP contribution in [0, 0.1) is 0 Å². The van der Waals surface area contributed by atoms with E-state index in [9.17, 15) is 4.79 Å². The van der Waals surface area contributed by atoms with E-state index in [0.717, 1.165) is 31.9 Å². The zero-order valence-electron chi connectivity index (χ0n) is 14.1. The summed E-state index contributed by atoms with van der Waals surface area (Å²) in [5.74, 6) is 0.924. The number of nitrogens with zero attached hydrogens (tertiary/aromatic N) is 3. The fraction of sp³-hybridized carbons (Fsp3) is 0.867. The summed E-state index contributed by atoms with van der Waals surface area (Å²) < 4.78 is 0. The van der Waals surface area contributed by atoms with E-state index in [0.29, 0.717) is 25.0 Å². The third kappa shape index (κ3) is 6.33. The highest BCUT2D eigenvalue weighted by Crippen LogP contribution is 2.12. The maximum absolute atomic E-state index is 11.5. The molecule has 21 heavy (non-hydrogen) atoms. The van der Waals surface area contributed by atoms with Gasteiger partial charge in [0.1, 0.15) is 0 Å². The minimum absolute atomic E-state index is 0.128. The summed E-state index contributed by atoms with van der Waals surface area (Å²) in [7, 11) is 5.32. The highest BCUT2D eigenvalue weighted by Gasteiger charge is 2.21. The molecule has 0 unspecified atom stereocenters. The number of hydrogen-bond donors (Lipinski definition) is 2. The van der Waals surface area contributed by atoms with Gasteiger partial charge in [0, 0.05) is 59.3 Å². The van der Waals surface area contributed by atoms with Gasteiger partial charge >= 0.3 is 0 Å². The molecular weight excluding hydrogens is 266 g/mol. The van der Waals surface area contributed by atoms with E-state index in [-0.39, 0.29) is 5.91 Å². The lowest BCUT2D eigenvalue weighted by Gasteiger charge is -2.35. The normalized spacial score (nSPS) is 17.9. The average molecular weight is 297 g/mol. The molecule has 122 valence electrons. The van der Waals surface area contributed by atoms with Crippen molar-refractivity contribution in [2.24, 2.45) is 4.99 Å². The molecule has 0 aromatic heterocycles. The molecule has 0 aromatic rings. The van der Waals surface area contributed by atoms with Gasteiger partial charge in [-0.1, -0.05) is 0 Å². The van der Waals surface area contributed by atoms with Crippen molar-refractivity contribution in [3.8, 4) is 0 Å². The lowest BCUT2D eigenvalue weighted by molar-refractivity contribution is -0.128. The van der Waals surface area contributed by atoms with Gasteiger partial charge in [-0.3, -0.25) is 9.79 Å². The molecule has 6 nitrogen and oxygen atoms in total. The minimum Gasteiger partial charge on any atom is -0.356 e. The first kappa shape index (κ1) is 17.8. The highest BCUT2D eigenvalue weighted by molar-refractivity contribution is 5.81. The van der Waals surface area contributed by atoms with Crippen molar-refractivity contribution in [2.45, 2.75) is 45.2 Å². The van der Waals surface area contributed by atoms with Gasteiger partial charge < -0.3 is 20.4 Å². The Kier molecular flexibility index (Phi) is 7.50. The molecule has 2 N–H and O–H groups in total. The van der Waals surface area contributed by atoms with Crippen LogP contribution < -0.4 is 10.6 Å². The smallest absolute Gasteiger partial charge is 0.223 e. The van der Waals surface area contributed by atoms with E-state index in [1.807, 2.05) is 0 Å². The summed E-state index contributed by atoms with van der Waals surface area (Å²) in [5, 5.41) is 6.67. The maximum atomic E-state index is 11.5. The van der Waals surface area contributed by atoms with Gasteiger partial charge in [-0.25, -0.2) is 0 Å². The van der Waals surface area contributed by atoms with Crippen LogP contribution in [0.25, 0.3) is 0 Å². The molecule has 1 fully saturated rings. The van der Waals surface area contributed by atoms with Gasteiger partial charge in [0.15, 0.2) is 5.96 Å². The monoisotopic (exact) mass is 297 g/mol. The maximum Gasteiger partial charge on any atom is 0.223 e. The van der Waals surface area contributed by atoms with Gasteiger partial charge in [-0.15, -0.1) is 0 Å². The summed E-state index contributed by atoms with van der Waals surface area (Å²) in [6.07, 6.45) is 2.75. The molecule has 0 bridgehead atoms. The Bertz CT molecular complexity index is 346. The summed E-state index contributed by atoms with van der Waals surface area (Å²) >= 11 is 0. The van der Waals surface area contributed by atoms with Gasteiger partial charge in [0.05, 0.1) is 0 Å². The van der Waals surface area contributed by atoms with Crippen LogP contribution in [0.4, 0.5) is 0 Å². The van der Waals surface area contributed by atoms with E-state index >= 15 is 0 Å². The van der Waals surface area contributed by atoms with Crippen LogP contribution >= 0.6 is 0 Å². The van der Waals surface area contributed by atoms with Crippen LogP contribution in [-0.2, 0) is 4.79 Å². The molecule has 1 saturated heterocycles. The summed E-state index contributed by atoms with van der Waals surface area (Å²) in [4.78, 5) is 19.9. The molecule has 0 radical (unpaired) electrons. The zero-order valence-corrected chi connectivity index (χ0v) is 14.1. The second kappa shape index (κ2) is 8.87. The van der Waals surface area contributed by atoms with E-state index in [4.69, 9.17) is 0 Å². The summed E-state index contributed by atoms with van der Waals surface area (Å²) in [5.41, 5.74) is 0. The number of amides is 1. The number of carbonyl (C=O) groups excluding carboxylic acids is 1. The van der Waals surface area contributed by atoms with Gasteiger partial charge in [0.2, 0.25) is 5.91 Å². The molecule has 0 spiro atoms. The van der Waals surface area contributed by atoms with Crippen molar-refractivity contribution >= 4 is 11.9 Å². The van der Waals surface area contributed by atoms with Gasteiger partial charge in [-0.2, -0.15) is 0 Å². The fourth-order valence-corrected chi connectivity index (χ4v) is 2.46. The Morgan fingerprint density at radius 1 is 1.33 bits per heavy atom. The second-order valence-electron chi connectivity index (χ2n) is 6.09. The third-order valence-corrected chi connectivity index (χ3v) is 3.95. The Morgan fingerprint density at radius 3 is 2.43 bits per heavy atom. The van der Waals surface area contributed by atoms with Crippen molar-refractivity contribution in [1.82, 2.24) is 20.4 Å². The van der Waals surface area contributed by atoms with Crippen molar-refractivity contribution < 1.29 is 4.79 Å². The first-order chi connectivity index (χ1) is 9.93. The number of aliphatic imine (C=N–C) groups is 1. The van der Waals surface area contributed by atoms with Crippen molar-refractivity contribution in [1.29, 1.82) is 0 Å². The Hall–Kier alpha value is -1.30. The number of piperidine rings is 1. The predicted octanol–water partition coefficient (Wildman–Crippen LogP) is 0.503. The lowest BCUT2D eigenvalue weighted by atomic mass is 10.0. The largest absolute Gasteiger partial charge is 0.356 e. The van der Waals surface area contributed by atoms with Crippen molar-refractivity contribution in [3.63, 3.8) is 0 Å². The average Bonchev–Trinajstić information content (AvgIpc) is 2.46.